The molecule has 2 saturated heterocycles. The average Bonchev–Trinajstić information content (AvgIpc) is 2.82. The topological polar surface area (TPSA) is 108 Å². The van der Waals surface area contributed by atoms with E-state index in [9.17, 15) is 14.4 Å². The van der Waals surface area contributed by atoms with Crippen LogP contribution in [0.4, 0.5) is 0 Å². The third-order valence-corrected chi connectivity index (χ3v) is 7.25. The van der Waals surface area contributed by atoms with Crippen molar-refractivity contribution in [2.75, 3.05) is 32.8 Å². The highest BCUT2D eigenvalue weighted by Crippen LogP contribution is 2.36. The van der Waals surface area contributed by atoms with E-state index in [-0.39, 0.29) is 35.9 Å². The van der Waals surface area contributed by atoms with Crippen molar-refractivity contribution in [1.82, 2.24) is 15.5 Å². The maximum absolute atomic E-state index is 13.2. The number of fused-ring (bicyclic) bond motifs is 1. The number of carboxylic acid groups (broad SMARTS) is 1. The number of carboxylic acids is 1. The van der Waals surface area contributed by atoms with E-state index >= 15 is 0 Å². The van der Waals surface area contributed by atoms with Gasteiger partial charge in [-0.05, 0) is 62.9 Å². The number of allylic oxidation sites excluding steroid dienone is 2. The van der Waals surface area contributed by atoms with E-state index in [1.807, 2.05) is 12.1 Å². The molecule has 1 aromatic rings. The predicted octanol–water partition coefficient (Wildman–Crippen LogP) is 1.95. The van der Waals surface area contributed by atoms with Gasteiger partial charge in [0.15, 0.2) is 0 Å². The van der Waals surface area contributed by atoms with E-state index in [1.54, 1.807) is 12.1 Å². The average molecular weight is 456 g/mol. The number of aromatic carboxylic acids is 1. The molecule has 4 rings (SSSR count). The summed E-state index contributed by atoms with van der Waals surface area (Å²) in [6.45, 7) is 3.57. The van der Waals surface area contributed by atoms with Crippen LogP contribution in [0.1, 0.15) is 48.0 Å². The molecule has 1 spiro atoms. The van der Waals surface area contributed by atoms with Crippen LogP contribution in [0.2, 0.25) is 0 Å². The number of nitrogens with one attached hydrogen (secondary N) is 2. The summed E-state index contributed by atoms with van der Waals surface area (Å²) in [5.41, 5.74) is 0.824. The van der Waals surface area contributed by atoms with Crippen molar-refractivity contribution in [2.24, 2.45) is 11.3 Å². The van der Waals surface area contributed by atoms with Gasteiger partial charge in [-0.15, -0.1) is 0 Å². The molecule has 8 nitrogen and oxygen atoms in total. The Morgan fingerprint density at radius 2 is 1.91 bits per heavy atom. The molecule has 3 aliphatic rings. The van der Waals surface area contributed by atoms with E-state index in [0.717, 1.165) is 38.0 Å². The number of hydrogen-bond acceptors (Lipinski definition) is 5. The van der Waals surface area contributed by atoms with Crippen molar-refractivity contribution >= 4 is 17.8 Å². The summed E-state index contributed by atoms with van der Waals surface area (Å²) in [4.78, 5) is 39.0. The predicted molar refractivity (Wildman–Crippen MR) is 123 cm³/mol. The van der Waals surface area contributed by atoms with Crippen molar-refractivity contribution in [3.8, 4) is 0 Å². The summed E-state index contributed by atoms with van der Waals surface area (Å²) >= 11 is 0. The molecule has 8 heteroatoms. The number of likely N-dealkylation sites (tertiary alicyclic amines) is 1. The molecule has 0 aliphatic carbocycles. The molecule has 2 fully saturated rings. The first kappa shape index (κ1) is 23.4. The number of nitrogens with zero attached hydrogens (tertiary/aromatic N) is 1. The molecule has 2 atom stereocenters. The molecule has 3 aliphatic heterocycles. The molecular weight excluding hydrogens is 422 g/mol. The van der Waals surface area contributed by atoms with Gasteiger partial charge in [-0.1, -0.05) is 24.3 Å². The van der Waals surface area contributed by atoms with Crippen LogP contribution in [0.3, 0.4) is 0 Å². The minimum Gasteiger partial charge on any atom is -0.478 e. The molecule has 178 valence electrons. The molecule has 0 aromatic heterocycles. The Hall–Kier alpha value is -2.71. The normalized spacial score (nSPS) is 27.4. The summed E-state index contributed by atoms with van der Waals surface area (Å²) in [6.07, 6.45) is 8.01. The Labute approximate surface area is 194 Å². The highest BCUT2D eigenvalue weighted by atomic mass is 16.5. The van der Waals surface area contributed by atoms with Gasteiger partial charge in [0.1, 0.15) is 0 Å². The molecule has 0 radical (unpaired) electrons. The largest absolute Gasteiger partial charge is 0.478 e. The number of ether oxygens (including phenoxy) is 1. The van der Waals surface area contributed by atoms with Crippen LogP contribution in [0.5, 0.6) is 0 Å². The fourth-order valence-electron chi connectivity index (χ4n) is 5.08. The van der Waals surface area contributed by atoms with Crippen molar-refractivity contribution in [3.05, 3.63) is 47.5 Å². The lowest BCUT2D eigenvalue weighted by molar-refractivity contribution is -0.136. The van der Waals surface area contributed by atoms with E-state index in [2.05, 4.69) is 27.7 Å². The molecule has 1 aromatic carbocycles. The Kier molecular flexibility index (Phi) is 7.45. The highest BCUT2D eigenvalue weighted by molar-refractivity contribution is 5.88. The summed E-state index contributed by atoms with van der Waals surface area (Å²) in [5.74, 6) is -0.846. The third kappa shape index (κ3) is 5.81. The van der Waals surface area contributed by atoms with Gasteiger partial charge in [-0.2, -0.15) is 0 Å². The fourth-order valence-corrected chi connectivity index (χ4v) is 5.08. The van der Waals surface area contributed by atoms with Gasteiger partial charge in [0.05, 0.1) is 24.1 Å². The number of hydrogen-bond donors (Lipinski definition) is 3. The standard InChI is InChI=1S/C25H33N3O5/c29-22-15-26-24(32)25(9-2-1-3-20-17-33-14-8-21(20)27-22)10-12-28(13-11-25)16-18-4-6-19(7-5-18)23(30)31/h1-2,4-7,20-21H,3,8-17H2,(H,26,32)(H,27,29)(H,30,31)/b2-1+/t20-,21-/m0/s1. The molecule has 3 heterocycles. The number of carbonyl (C=O) groups excluding carboxylic acids is 2. The SMILES string of the molecule is O=C1CNC(=O)C2(C/C=C/C[C@H]3COCC[C@@H]3N1)CCN(Cc1ccc(C(=O)O)cc1)CC2. The Morgan fingerprint density at radius 3 is 2.64 bits per heavy atom. The molecule has 0 bridgehead atoms. The maximum atomic E-state index is 13.2. The maximum Gasteiger partial charge on any atom is 0.335 e. The smallest absolute Gasteiger partial charge is 0.335 e. The van der Waals surface area contributed by atoms with Gasteiger partial charge in [-0.3, -0.25) is 14.5 Å². The van der Waals surface area contributed by atoms with E-state index in [0.29, 0.717) is 32.5 Å². The number of rotatable bonds is 3. The second-order valence-corrected chi connectivity index (χ2v) is 9.45. The van der Waals surface area contributed by atoms with E-state index in [1.165, 1.54) is 0 Å². The van der Waals surface area contributed by atoms with Crippen LogP contribution in [0.25, 0.3) is 0 Å². The van der Waals surface area contributed by atoms with Gasteiger partial charge < -0.3 is 20.5 Å². The van der Waals surface area contributed by atoms with Crippen LogP contribution in [-0.4, -0.2) is 66.7 Å². The summed E-state index contributed by atoms with van der Waals surface area (Å²) in [7, 11) is 0. The van der Waals surface area contributed by atoms with Gasteiger partial charge in [0.2, 0.25) is 11.8 Å². The first-order chi connectivity index (χ1) is 15.9. The lowest BCUT2D eigenvalue weighted by Gasteiger charge is -2.40. The van der Waals surface area contributed by atoms with Gasteiger partial charge in [0.25, 0.3) is 0 Å². The molecular formula is C25H33N3O5. The number of amides is 2. The van der Waals surface area contributed by atoms with Gasteiger partial charge >= 0.3 is 5.97 Å². The minimum absolute atomic E-state index is 0.00795. The van der Waals surface area contributed by atoms with Gasteiger partial charge in [0, 0.05) is 25.1 Å². The van der Waals surface area contributed by atoms with Crippen LogP contribution in [0, 0.1) is 11.3 Å². The molecule has 3 N–H and O–H groups in total. The van der Waals surface area contributed by atoms with Crippen molar-refractivity contribution < 1.29 is 24.2 Å². The Balaban J connectivity index is 1.39. The van der Waals surface area contributed by atoms with E-state index < -0.39 is 11.4 Å². The lowest BCUT2D eigenvalue weighted by atomic mass is 9.74. The zero-order valence-electron chi connectivity index (χ0n) is 18.9. The Morgan fingerprint density at radius 1 is 1.15 bits per heavy atom. The second-order valence-electron chi connectivity index (χ2n) is 9.45. The van der Waals surface area contributed by atoms with Gasteiger partial charge in [-0.25, -0.2) is 4.79 Å². The molecule has 33 heavy (non-hydrogen) atoms. The molecule has 0 saturated carbocycles. The van der Waals surface area contributed by atoms with E-state index in [4.69, 9.17) is 9.84 Å². The second kappa shape index (κ2) is 10.5. The van der Waals surface area contributed by atoms with Crippen LogP contribution >= 0.6 is 0 Å². The number of carbonyl (C=O) groups is 3. The van der Waals surface area contributed by atoms with Crippen LogP contribution in [-0.2, 0) is 20.9 Å². The first-order valence-corrected chi connectivity index (χ1v) is 11.8. The first-order valence-electron chi connectivity index (χ1n) is 11.8. The minimum atomic E-state index is -0.928. The summed E-state index contributed by atoms with van der Waals surface area (Å²) in [6, 6.07) is 7.04. The molecule has 0 unspecified atom stereocenters. The Bertz CT molecular complexity index is 890. The molecule has 2 amide bonds. The van der Waals surface area contributed by atoms with Crippen LogP contribution in [0.15, 0.2) is 36.4 Å². The number of piperidine rings is 1. The van der Waals surface area contributed by atoms with Crippen molar-refractivity contribution in [3.63, 3.8) is 0 Å². The summed E-state index contributed by atoms with van der Waals surface area (Å²) < 4.78 is 5.61. The zero-order valence-corrected chi connectivity index (χ0v) is 18.9. The highest BCUT2D eigenvalue weighted by Gasteiger charge is 2.40. The zero-order chi connectivity index (χ0) is 23.3. The van der Waals surface area contributed by atoms with Crippen molar-refractivity contribution in [1.29, 1.82) is 0 Å². The summed E-state index contributed by atoms with van der Waals surface area (Å²) in [5, 5.41) is 15.0. The van der Waals surface area contributed by atoms with Crippen molar-refractivity contribution in [2.45, 2.75) is 44.7 Å². The monoisotopic (exact) mass is 455 g/mol. The third-order valence-electron chi connectivity index (χ3n) is 7.25. The number of benzene rings is 1. The fraction of sp³-hybridized carbons (Fsp3) is 0.560. The lowest BCUT2D eigenvalue weighted by Crippen LogP contribution is -2.52. The van der Waals surface area contributed by atoms with Crippen LogP contribution < -0.4 is 10.6 Å². The quantitative estimate of drug-likeness (QED) is 0.602.